The number of aryl methyl sites for hydroxylation is 1. The molecule has 6 N–H and O–H groups in total. The Morgan fingerprint density at radius 2 is 1.76 bits per heavy atom. The molecular weight excluding hydrogens is 953 g/mol. The van der Waals surface area contributed by atoms with Gasteiger partial charge in [0.05, 0.1) is 29.8 Å². The van der Waals surface area contributed by atoms with Crippen molar-refractivity contribution in [3.05, 3.63) is 53.2 Å². The number of ketones is 1. The second-order valence-corrected chi connectivity index (χ2v) is 22.6. The number of nitrogens with zero attached hydrogens (tertiary/aromatic N) is 7. The van der Waals surface area contributed by atoms with Gasteiger partial charge in [-0.15, -0.1) is 5.10 Å². The number of benzene rings is 1. The number of likely N-dealkylation sites (N-methyl/N-ethyl adjacent to an activating group) is 1. The van der Waals surface area contributed by atoms with Crippen molar-refractivity contribution >= 4 is 39.2 Å². The highest BCUT2D eigenvalue weighted by atomic mass is 32.2. The molecule has 3 saturated heterocycles. The number of sulfone groups is 1. The fourth-order valence-corrected chi connectivity index (χ4v) is 11.4. The Morgan fingerprint density at radius 3 is 2.43 bits per heavy atom. The van der Waals surface area contributed by atoms with Crippen molar-refractivity contribution in [3.8, 4) is 11.3 Å². The van der Waals surface area contributed by atoms with Gasteiger partial charge in [0.1, 0.15) is 39.4 Å². The SMILES string of the molecule is CC[C@H]1OC(=O)[C@H](C)C(=O)[C@H](C)[C@@H](O[C@@H]2O[C@H](C)CC(N(C)CCCS(C)(=O)=O)C2O)[C@](C)(OC)C[C@@H](C)CN[C@H](C)[C@H]2N(CCCCn3cc(-c4cccc(N)c4)nn3)C(=O)O[C@]12n1ccc(N)nc1=O. The van der Waals surface area contributed by atoms with Gasteiger partial charge in [-0.25, -0.2) is 18.0 Å². The number of fused-ring (bicyclic) bond motifs is 1. The standard InChI is InChI=1S/C49H76N10O12S/c1-11-38-49(59-22-18-39(51)53-46(59)63)42(58(47(64)71-49)21-13-12-20-57-28-36(54-55-57)34-16-14-17-35(50)25-34)33(6)52-27-29(2)26-48(7,67-9)43(31(4)40(60)32(5)44(62)69-38)70-45-41(61)37(24-30(3)68-45)56(8)19-15-23-72(10,65)66/h14,16-18,22,25,28-33,37-38,41-43,45,52,61H,11-13,15,19-21,23-24,26-27,50H2,1-10H3,(H2,51,53,63)/t29-,30-,31+,32-,33-,37?,38-,41?,42-,43-,45+,48-,49-/m1/s1. The Balaban J connectivity index is 1.32. The van der Waals surface area contributed by atoms with Crippen LogP contribution >= 0.6 is 0 Å². The van der Waals surface area contributed by atoms with E-state index < -0.39 is 99.3 Å². The number of cyclic esters (lactones) is 1. The molecule has 23 heteroatoms. The van der Waals surface area contributed by atoms with E-state index in [0.717, 1.165) is 10.1 Å². The van der Waals surface area contributed by atoms with Crippen LogP contribution in [0.2, 0.25) is 0 Å². The van der Waals surface area contributed by atoms with Crippen LogP contribution in [0.15, 0.2) is 47.5 Å². The molecule has 2 aromatic heterocycles. The van der Waals surface area contributed by atoms with Crippen molar-refractivity contribution in [1.82, 2.24) is 39.7 Å². The number of Topliss-reactive ketones (excluding diaryl/α,β-unsaturated/α-hetero) is 1. The summed E-state index contributed by atoms with van der Waals surface area (Å²) in [6.45, 7) is 13.7. The van der Waals surface area contributed by atoms with Crippen molar-refractivity contribution in [3.63, 3.8) is 0 Å². The summed E-state index contributed by atoms with van der Waals surface area (Å²) < 4.78 is 58.7. The van der Waals surface area contributed by atoms with E-state index in [1.807, 2.05) is 64.0 Å². The van der Waals surface area contributed by atoms with Crippen LogP contribution < -0.4 is 22.5 Å². The monoisotopic (exact) mass is 1030 g/mol. The van der Waals surface area contributed by atoms with E-state index >= 15 is 0 Å². The molecule has 1 aromatic carbocycles. The van der Waals surface area contributed by atoms with Gasteiger partial charge in [0.25, 0.3) is 5.72 Å². The predicted molar refractivity (Wildman–Crippen MR) is 268 cm³/mol. The molecule has 6 rings (SSSR count). The number of nitrogens with one attached hydrogen (secondary N) is 1. The van der Waals surface area contributed by atoms with E-state index in [0.29, 0.717) is 63.1 Å². The molecule has 72 heavy (non-hydrogen) atoms. The lowest BCUT2D eigenvalue weighted by Crippen LogP contribution is -2.65. The van der Waals surface area contributed by atoms with Crippen LogP contribution in [0.1, 0.15) is 87.0 Å². The van der Waals surface area contributed by atoms with Gasteiger partial charge in [-0.05, 0) is 110 Å². The number of nitrogen functional groups attached to an aromatic ring is 2. The van der Waals surface area contributed by atoms with Gasteiger partial charge >= 0.3 is 17.8 Å². The molecule has 3 aliphatic rings. The third-order valence-corrected chi connectivity index (χ3v) is 15.6. The van der Waals surface area contributed by atoms with E-state index in [9.17, 15) is 32.7 Å². The number of hydrogen-bond donors (Lipinski definition) is 4. The minimum Gasteiger partial charge on any atom is -0.455 e. The number of ether oxygens (including phenoxy) is 5. The minimum atomic E-state index is -3.19. The number of aliphatic hydroxyl groups excluding tert-OH is 1. The minimum absolute atomic E-state index is 0.00663. The Bertz CT molecular complexity index is 2530. The lowest BCUT2D eigenvalue weighted by molar-refractivity contribution is -0.296. The quantitative estimate of drug-likeness (QED) is 0.0694. The van der Waals surface area contributed by atoms with Crippen LogP contribution in [0.4, 0.5) is 16.3 Å². The maximum absolute atomic E-state index is 14.8. The number of methoxy groups -OCH3 is 1. The van der Waals surface area contributed by atoms with E-state index in [1.165, 1.54) is 32.6 Å². The van der Waals surface area contributed by atoms with Gasteiger partial charge in [0.15, 0.2) is 18.2 Å². The highest BCUT2D eigenvalue weighted by molar-refractivity contribution is 7.90. The van der Waals surface area contributed by atoms with Crippen molar-refractivity contribution in [2.45, 2.75) is 154 Å². The van der Waals surface area contributed by atoms with Crippen LogP contribution in [0.25, 0.3) is 11.3 Å². The molecule has 22 nitrogen and oxygen atoms in total. The summed E-state index contributed by atoms with van der Waals surface area (Å²) in [7, 11) is 0.132. The van der Waals surface area contributed by atoms with Crippen molar-refractivity contribution < 1.29 is 51.6 Å². The first-order chi connectivity index (χ1) is 33.9. The molecule has 13 atom stereocenters. The van der Waals surface area contributed by atoms with E-state index in [4.69, 9.17) is 35.2 Å². The zero-order chi connectivity index (χ0) is 52.9. The number of carbonyl (C=O) groups is 3. The molecule has 3 fully saturated rings. The highest BCUT2D eigenvalue weighted by Gasteiger charge is 2.63. The molecule has 0 bridgehead atoms. The zero-order valence-corrected chi connectivity index (χ0v) is 44.1. The molecule has 0 radical (unpaired) electrons. The zero-order valence-electron chi connectivity index (χ0n) is 43.3. The summed E-state index contributed by atoms with van der Waals surface area (Å²) in [4.78, 5) is 65.3. The van der Waals surface area contributed by atoms with Gasteiger partial charge in [-0.3, -0.25) is 23.7 Å². The van der Waals surface area contributed by atoms with E-state index in [1.54, 1.807) is 29.5 Å². The molecule has 0 aliphatic carbocycles. The number of esters is 1. The summed E-state index contributed by atoms with van der Waals surface area (Å²) in [6, 6.07) is 6.63. The van der Waals surface area contributed by atoms with Crippen LogP contribution in [-0.2, 0) is 55.4 Å². The van der Waals surface area contributed by atoms with Crippen molar-refractivity contribution in [2.24, 2.45) is 17.8 Å². The Kier molecular flexibility index (Phi) is 18.3. The second-order valence-electron chi connectivity index (χ2n) is 20.4. The second kappa shape index (κ2) is 23.4. The molecule has 400 valence electrons. The van der Waals surface area contributed by atoms with Crippen LogP contribution in [0, 0.1) is 17.8 Å². The third-order valence-electron chi connectivity index (χ3n) is 14.5. The molecular formula is C49H76N10O12S. The number of amides is 1. The maximum atomic E-state index is 14.8. The number of aliphatic hydroxyl groups is 1. The van der Waals surface area contributed by atoms with Crippen molar-refractivity contribution in [1.29, 1.82) is 0 Å². The first kappa shape index (κ1) is 56.3. The summed E-state index contributed by atoms with van der Waals surface area (Å²) >= 11 is 0. The molecule has 5 heterocycles. The van der Waals surface area contributed by atoms with Gasteiger partial charge < -0.3 is 50.5 Å². The Morgan fingerprint density at radius 1 is 1.04 bits per heavy atom. The number of rotatable bonds is 16. The molecule has 3 aromatic rings. The summed E-state index contributed by atoms with van der Waals surface area (Å²) in [5, 5.41) is 24.1. The fraction of sp³-hybridized carbons (Fsp3) is 0.694. The smallest absolute Gasteiger partial charge is 0.412 e. The average Bonchev–Trinajstić information content (AvgIpc) is 3.92. The number of aromatic nitrogens is 5. The summed E-state index contributed by atoms with van der Waals surface area (Å²) in [5.74, 6) is -4.24. The Labute approximate surface area is 422 Å². The molecule has 2 unspecified atom stereocenters. The summed E-state index contributed by atoms with van der Waals surface area (Å²) in [6.07, 6.45) is 0.555. The predicted octanol–water partition coefficient (Wildman–Crippen LogP) is 2.82. The number of anilines is 2. The number of carbonyl (C=O) groups excluding carboxylic acids is 3. The van der Waals surface area contributed by atoms with E-state index in [-0.39, 0.29) is 36.6 Å². The van der Waals surface area contributed by atoms with Crippen LogP contribution in [0.5, 0.6) is 0 Å². The van der Waals surface area contributed by atoms with Gasteiger partial charge in [-0.1, -0.05) is 38.1 Å². The number of unbranched alkanes of at least 4 members (excludes halogenated alkanes) is 1. The third kappa shape index (κ3) is 12.6. The largest absolute Gasteiger partial charge is 0.455 e. The molecule has 0 saturated carbocycles. The molecule has 1 amide bonds. The van der Waals surface area contributed by atoms with Crippen LogP contribution in [-0.4, -0.2) is 166 Å². The fourth-order valence-electron chi connectivity index (χ4n) is 10.7. The average molecular weight is 1030 g/mol. The molecule has 0 spiro atoms. The lowest BCUT2D eigenvalue weighted by atomic mass is 9.78. The van der Waals surface area contributed by atoms with Crippen molar-refractivity contribution in [2.75, 3.05) is 57.3 Å². The topological polar surface area (TPSA) is 288 Å². The van der Waals surface area contributed by atoms with Gasteiger partial charge in [0.2, 0.25) is 0 Å². The first-order valence-electron chi connectivity index (χ1n) is 24.9. The number of nitrogens with two attached hydrogens (primary N) is 2. The highest BCUT2D eigenvalue weighted by Crippen LogP contribution is 2.43. The van der Waals surface area contributed by atoms with Crippen LogP contribution in [0.3, 0.4) is 0 Å². The summed E-state index contributed by atoms with van der Waals surface area (Å²) in [5.41, 5.74) is 10.0. The normalized spacial score (nSPS) is 32.2. The Hall–Kier alpha value is -5.04. The van der Waals surface area contributed by atoms with Gasteiger partial charge in [-0.2, -0.15) is 4.98 Å². The number of hydrogen-bond acceptors (Lipinski definition) is 19. The maximum Gasteiger partial charge on any atom is 0.412 e. The molecule has 3 aliphatic heterocycles. The first-order valence-corrected chi connectivity index (χ1v) is 27.0. The lowest BCUT2D eigenvalue weighted by Gasteiger charge is -2.47. The van der Waals surface area contributed by atoms with E-state index in [2.05, 4.69) is 20.6 Å². The van der Waals surface area contributed by atoms with Gasteiger partial charge in [0, 0.05) is 61.9 Å².